The van der Waals surface area contributed by atoms with E-state index in [-0.39, 0.29) is 23.8 Å². The summed E-state index contributed by atoms with van der Waals surface area (Å²) >= 11 is 0. The summed E-state index contributed by atoms with van der Waals surface area (Å²) in [5.74, 6) is -0.638. The summed E-state index contributed by atoms with van der Waals surface area (Å²) in [6.45, 7) is 8.12. The summed E-state index contributed by atoms with van der Waals surface area (Å²) in [7, 11) is 0. The van der Waals surface area contributed by atoms with Crippen LogP contribution in [-0.2, 0) is 21.5 Å². The largest absolute Gasteiger partial charge is 0.480 e. The molecule has 1 amide bonds. The van der Waals surface area contributed by atoms with Gasteiger partial charge in [-0.25, -0.2) is 9.89 Å². The van der Waals surface area contributed by atoms with Crippen LogP contribution in [0.15, 0.2) is 42.5 Å². The molecule has 0 aliphatic heterocycles. The van der Waals surface area contributed by atoms with Crippen molar-refractivity contribution in [3.8, 4) is 0 Å². The first kappa shape index (κ1) is 24.4. The van der Waals surface area contributed by atoms with Crippen molar-refractivity contribution in [1.29, 1.82) is 0 Å². The normalized spacial score (nSPS) is 18.8. The number of carboxylic acid groups (broad SMARTS) is 1. The molecule has 3 rings (SSSR count). The molecule has 8 heteroatoms. The van der Waals surface area contributed by atoms with Crippen LogP contribution in [0.5, 0.6) is 0 Å². The molecular weight excluding hydrogens is 418 g/mol. The molecule has 0 bridgehead atoms. The number of allylic oxidation sites excluding steroid dienone is 4. The number of benzene rings is 1. The molecule has 2 atom stereocenters. The Morgan fingerprint density at radius 2 is 1.97 bits per heavy atom. The van der Waals surface area contributed by atoms with Crippen LogP contribution in [0.25, 0.3) is 5.57 Å². The van der Waals surface area contributed by atoms with Gasteiger partial charge in [0.05, 0.1) is 0 Å². The van der Waals surface area contributed by atoms with Gasteiger partial charge in [0.1, 0.15) is 6.04 Å². The molecule has 0 fully saturated rings. The molecule has 1 aromatic carbocycles. The van der Waals surface area contributed by atoms with Gasteiger partial charge in [0.15, 0.2) is 5.82 Å². The van der Waals surface area contributed by atoms with Gasteiger partial charge in [0, 0.05) is 24.0 Å². The zero-order valence-corrected chi connectivity index (χ0v) is 19.8. The predicted octanol–water partition coefficient (Wildman–Crippen LogP) is 4.13. The molecule has 2 N–H and O–H groups in total. The Bertz CT molecular complexity index is 1010. The van der Waals surface area contributed by atoms with E-state index >= 15 is 0 Å². The number of aromatic amines is 1. The minimum Gasteiger partial charge on any atom is -0.480 e. The monoisotopic (exact) mass is 451 g/mol. The lowest BCUT2D eigenvalue weighted by atomic mass is 9.71. The molecule has 1 heterocycles. The van der Waals surface area contributed by atoms with E-state index in [4.69, 9.17) is 0 Å². The summed E-state index contributed by atoms with van der Waals surface area (Å²) < 4.78 is 0. The van der Waals surface area contributed by atoms with Gasteiger partial charge in [-0.05, 0) is 40.3 Å². The maximum atomic E-state index is 12.9. The third-order valence-electron chi connectivity index (χ3n) is 6.35. The van der Waals surface area contributed by atoms with Gasteiger partial charge in [0.25, 0.3) is 0 Å². The highest BCUT2D eigenvalue weighted by Gasteiger charge is 2.35. The average molecular weight is 452 g/mol. The van der Waals surface area contributed by atoms with Crippen molar-refractivity contribution in [2.75, 3.05) is 0 Å². The third kappa shape index (κ3) is 5.38. The Hall–Kier alpha value is -3.29. The lowest BCUT2D eigenvalue weighted by molar-refractivity contribution is -0.153. The summed E-state index contributed by atoms with van der Waals surface area (Å²) in [4.78, 5) is 26.4. The van der Waals surface area contributed by atoms with Crippen LogP contribution in [0.4, 0.5) is 0 Å². The Balaban J connectivity index is 1.87. The van der Waals surface area contributed by atoms with Gasteiger partial charge in [-0.15, -0.1) is 5.10 Å². The molecule has 1 aliphatic carbocycles. The van der Waals surface area contributed by atoms with Crippen LogP contribution in [-0.4, -0.2) is 48.5 Å². The summed E-state index contributed by atoms with van der Waals surface area (Å²) in [6, 6.07) is 7.20. The minimum absolute atomic E-state index is 0.116. The van der Waals surface area contributed by atoms with Gasteiger partial charge in [-0.3, -0.25) is 4.79 Å². The van der Waals surface area contributed by atoms with Gasteiger partial charge >= 0.3 is 5.97 Å². The molecule has 1 aliphatic rings. The topological polar surface area (TPSA) is 112 Å². The fraction of sp³-hybridized carbons (Fsp3) is 0.480. The predicted molar refractivity (Wildman–Crippen MR) is 126 cm³/mol. The summed E-state index contributed by atoms with van der Waals surface area (Å²) in [5.41, 5.74) is 2.69. The number of hydrogen-bond donors (Lipinski definition) is 2. The Labute approximate surface area is 194 Å². The molecule has 0 spiro atoms. The molecule has 176 valence electrons. The zero-order chi connectivity index (χ0) is 24.0. The number of H-pyrrole nitrogens is 1. The number of nitrogens with one attached hydrogen (secondary N) is 1. The number of carbonyl (C=O) groups excluding carboxylic acids is 1. The van der Waals surface area contributed by atoms with E-state index in [1.165, 1.54) is 4.90 Å². The number of tetrazole rings is 1. The number of hydrogen-bond acceptors (Lipinski definition) is 5. The number of aromatic nitrogens is 4. The van der Waals surface area contributed by atoms with E-state index in [1.807, 2.05) is 57.2 Å². The number of unbranched alkanes of at least 4 members (excludes halogenated alkanes) is 1. The zero-order valence-electron chi connectivity index (χ0n) is 19.8. The average Bonchev–Trinajstić information content (AvgIpc) is 3.31. The van der Waals surface area contributed by atoms with Crippen LogP contribution in [0.1, 0.15) is 70.3 Å². The fourth-order valence-electron chi connectivity index (χ4n) is 4.42. The highest BCUT2D eigenvalue weighted by atomic mass is 16.4. The maximum Gasteiger partial charge on any atom is 0.326 e. The van der Waals surface area contributed by atoms with Crippen molar-refractivity contribution in [3.05, 3.63) is 59.4 Å². The second-order valence-electron chi connectivity index (χ2n) is 9.14. The second kappa shape index (κ2) is 10.6. The first-order valence-electron chi connectivity index (χ1n) is 11.5. The van der Waals surface area contributed by atoms with Crippen molar-refractivity contribution >= 4 is 17.4 Å². The number of rotatable bonds is 10. The molecule has 33 heavy (non-hydrogen) atoms. The van der Waals surface area contributed by atoms with Crippen LogP contribution >= 0.6 is 0 Å². The third-order valence-corrected chi connectivity index (χ3v) is 6.35. The van der Waals surface area contributed by atoms with E-state index in [9.17, 15) is 14.7 Å². The lowest BCUT2D eigenvalue weighted by Gasteiger charge is -2.34. The molecule has 1 unspecified atom stereocenters. The van der Waals surface area contributed by atoms with E-state index in [0.717, 1.165) is 36.0 Å². The van der Waals surface area contributed by atoms with Crippen LogP contribution < -0.4 is 0 Å². The molecule has 1 aromatic heterocycles. The molecule has 0 radical (unpaired) electrons. The Kier molecular flexibility index (Phi) is 7.79. The van der Waals surface area contributed by atoms with Gasteiger partial charge in [-0.2, -0.15) is 0 Å². The maximum absolute atomic E-state index is 12.9. The van der Waals surface area contributed by atoms with E-state index in [1.54, 1.807) is 0 Å². The highest BCUT2D eigenvalue weighted by molar-refractivity contribution is 5.84. The molecular formula is C25H33N5O3. The summed E-state index contributed by atoms with van der Waals surface area (Å²) in [6.07, 6.45) is 8.94. The molecule has 2 aromatic rings. The smallest absolute Gasteiger partial charge is 0.326 e. The quantitative estimate of drug-likeness (QED) is 0.562. The Morgan fingerprint density at radius 3 is 2.55 bits per heavy atom. The first-order chi connectivity index (χ1) is 15.8. The molecule has 8 nitrogen and oxygen atoms in total. The number of aliphatic carboxylic acids is 1. The van der Waals surface area contributed by atoms with E-state index < -0.39 is 12.0 Å². The van der Waals surface area contributed by atoms with Crippen LogP contribution in [0, 0.1) is 5.92 Å². The van der Waals surface area contributed by atoms with E-state index in [0.29, 0.717) is 12.2 Å². The van der Waals surface area contributed by atoms with E-state index in [2.05, 4.69) is 33.6 Å². The number of amides is 1. The number of carboxylic acids is 1. The van der Waals surface area contributed by atoms with Gasteiger partial charge in [0.2, 0.25) is 5.91 Å². The fourth-order valence-corrected chi connectivity index (χ4v) is 4.42. The lowest BCUT2D eigenvalue weighted by Crippen LogP contribution is -2.47. The van der Waals surface area contributed by atoms with Crippen molar-refractivity contribution < 1.29 is 14.7 Å². The SMILES string of the molecule is CCCCC(=O)N(Cc1ccc(C2(C)CC=CC=C2c2nnn[nH]2)cc1)[C@H](C(=O)O)C(C)C. The second-order valence-corrected chi connectivity index (χ2v) is 9.14. The van der Waals surface area contributed by atoms with Gasteiger partial charge < -0.3 is 10.0 Å². The van der Waals surface area contributed by atoms with Crippen molar-refractivity contribution in [3.63, 3.8) is 0 Å². The number of nitrogens with zero attached hydrogens (tertiary/aromatic N) is 4. The minimum atomic E-state index is -0.969. The standard InChI is InChI=1S/C25H33N5O3/c1-5-6-10-21(31)30(22(17(2)3)24(32)33)16-18-11-13-19(14-12-18)25(4)15-8-7-9-20(25)23-26-28-29-27-23/h7-9,11-14,17,22H,5-6,10,15-16H2,1-4H3,(H,32,33)(H,26,27,28,29)/t22-,25?/m0/s1. The summed E-state index contributed by atoms with van der Waals surface area (Å²) in [5, 5.41) is 24.2. The highest BCUT2D eigenvalue weighted by Crippen LogP contribution is 2.42. The van der Waals surface area contributed by atoms with Crippen molar-refractivity contribution in [1.82, 2.24) is 25.5 Å². The van der Waals surface area contributed by atoms with Gasteiger partial charge in [-0.1, -0.05) is 76.6 Å². The van der Waals surface area contributed by atoms with Crippen LogP contribution in [0.3, 0.4) is 0 Å². The van der Waals surface area contributed by atoms with Crippen LogP contribution in [0.2, 0.25) is 0 Å². The van der Waals surface area contributed by atoms with Crippen molar-refractivity contribution in [2.24, 2.45) is 5.92 Å². The number of carbonyl (C=O) groups is 2. The molecule has 0 saturated carbocycles. The first-order valence-corrected chi connectivity index (χ1v) is 11.5. The molecule has 0 saturated heterocycles. The Morgan fingerprint density at radius 1 is 1.24 bits per heavy atom. The van der Waals surface area contributed by atoms with Crippen molar-refractivity contribution in [2.45, 2.75) is 71.4 Å².